The van der Waals surface area contributed by atoms with Crippen molar-refractivity contribution in [2.75, 3.05) is 19.1 Å². The fraction of sp³-hybridized carbons (Fsp3) is 0.333. The van der Waals surface area contributed by atoms with Crippen LogP contribution in [0.25, 0.3) is 0 Å². The number of aliphatic hydroxyl groups excluding tert-OH is 1. The van der Waals surface area contributed by atoms with Gasteiger partial charge in [0.25, 0.3) is 0 Å². The lowest BCUT2D eigenvalue weighted by Crippen LogP contribution is -2.01. The van der Waals surface area contributed by atoms with Crippen molar-refractivity contribution in [3.8, 4) is 5.75 Å². The summed E-state index contributed by atoms with van der Waals surface area (Å²) in [6, 6.07) is 3.20. The Labute approximate surface area is 85.1 Å². The van der Waals surface area contributed by atoms with Crippen molar-refractivity contribution in [3.05, 3.63) is 17.7 Å². The van der Waals surface area contributed by atoms with E-state index >= 15 is 0 Å². The van der Waals surface area contributed by atoms with Gasteiger partial charge in [0.15, 0.2) is 0 Å². The zero-order valence-corrected chi connectivity index (χ0v) is 8.93. The van der Waals surface area contributed by atoms with Crippen molar-refractivity contribution in [1.82, 2.24) is 0 Å². The number of methoxy groups -OCH3 is 1. The molecule has 1 unspecified atom stereocenters. The number of nitrogen functional groups attached to an aromatic ring is 1. The standard InChI is InChI=1S/C9H13NO3S/c1-13-9-6(5-11)3-7(10)4-8(9)14(2)12/h3-4,11H,5,10H2,1-2H3. The van der Waals surface area contributed by atoms with Gasteiger partial charge >= 0.3 is 0 Å². The van der Waals surface area contributed by atoms with Gasteiger partial charge < -0.3 is 15.6 Å². The van der Waals surface area contributed by atoms with Crippen LogP contribution in [0.5, 0.6) is 5.75 Å². The monoisotopic (exact) mass is 215 g/mol. The highest BCUT2D eigenvalue weighted by atomic mass is 32.2. The highest BCUT2D eigenvalue weighted by Crippen LogP contribution is 2.29. The highest BCUT2D eigenvalue weighted by molar-refractivity contribution is 7.84. The summed E-state index contributed by atoms with van der Waals surface area (Å²) in [5.74, 6) is 0.447. The van der Waals surface area contributed by atoms with Crippen molar-refractivity contribution in [3.63, 3.8) is 0 Å². The van der Waals surface area contributed by atoms with Gasteiger partial charge in [0, 0.05) is 17.5 Å². The van der Waals surface area contributed by atoms with E-state index in [9.17, 15) is 4.21 Å². The van der Waals surface area contributed by atoms with Crippen LogP contribution in [0.1, 0.15) is 5.56 Å². The number of rotatable bonds is 3. The molecule has 0 aliphatic rings. The zero-order chi connectivity index (χ0) is 10.7. The molecule has 1 atom stereocenters. The number of aliphatic hydroxyl groups is 1. The molecule has 0 saturated heterocycles. The summed E-state index contributed by atoms with van der Waals surface area (Å²) in [7, 11) is 0.295. The molecule has 0 saturated carbocycles. The Kier molecular flexibility index (Phi) is 3.49. The molecule has 4 nitrogen and oxygen atoms in total. The SMILES string of the molecule is COc1c(CO)cc(N)cc1S(C)=O. The highest BCUT2D eigenvalue weighted by Gasteiger charge is 2.12. The van der Waals surface area contributed by atoms with Crippen molar-refractivity contribution in [2.45, 2.75) is 11.5 Å². The van der Waals surface area contributed by atoms with Crippen LogP contribution in [-0.2, 0) is 17.4 Å². The van der Waals surface area contributed by atoms with E-state index in [4.69, 9.17) is 15.6 Å². The number of anilines is 1. The summed E-state index contributed by atoms with van der Waals surface area (Å²) in [5.41, 5.74) is 6.62. The fourth-order valence-corrected chi connectivity index (χ4v) is 2.02. The first-order chi connectivity index (χ1) is 6.60. The maximum atomic E-state index is 11.3. The predicted octanol–water partition coefficient (Wildman–Crippen LogP) is 0.507. The number of benzene rings is 1. The zero-order valence-electron chi connectivity index (χ0n) is 8.11. The molecule has 14 heavy (non-hydrogen) atoms. The average molecular weight is 215 g/mol. The van der Waals surface area contributed by atoms with Gasteiger partial charge in [-0.1, -0.05) is 0 Å². The van der Waals surface area contributed by atoms with Gasteiger partial charge in [-0.05, 0) is 12.1 Å². The van der Waals surface area contributed by atoms with Crippen molar-refractivity contribution >= 4 is 16.5 Å². The van der Waals surface area contributed by atoms with Crippen LogP contribution < -0.4 is 10.5 Å². The van der Waals surface area contributed by atoms with E-state index in [1.807, 2.05) is 0 Å². The molecule has 78 valence electrons. The van der Waals surface area contributed by atoms with Crippen molar-refractivity contribution in [2.24, 2.45) is 0 Å². The average Bonchev–Trinajstić information content (AvgIpc) is 2.16. The normalized spacial score (nSPS) is 12.5. The molecule has 1 aromatic rings. The maximum absolute atomic E-state index is 11.3. The molecule has 5 heteroatoms. The van der Waals surface area contributed by atoms with Crippen LogP contribution in [0.3, 0.4) is 0 Å². The van der Waals surface area contributed by atoms with Crippen LogP contribution >= 0.6 is 0 Å². The molecule has 0 aromatic heterocycles. The summed E-state index contributed by atoms with van der Waals surface area (Å²) in [4.78, 5) is 0.511. The van der Waals surface area contributed by atoms with Crippen molar-refractivity contribution < 1.29 is 14.1 Å². The smallest absolute Gasteiger partial charge is 0.140 e. The van der Waals surface area contributed by atoms with Crippen molar-refractivity contribution in [1.29, 1.82) is 0 Å². The molecule has 3 N–H and O–H groups in total. The Bertz CT molecular complexity index is 365. The molecule has 0 fully saturated rings. The number of hydrogen-bond acceptors (Lipinski definition) is 4. The van der Waals surface area contributed by atoms with Gasteiger partial charge in [-0.25, -0.2) is 0 Å². The first-order valence-electron chi connectivity index (χ1n) is 4.00. The number of nitrogens with two attached hydrogens (primary N) is 1. The van der Waals surface area contributed by atoms with Gasteiger partial charge in [-0.3, -0.25) is 4.21 Å². The van der Waals surface area contributed by atoms with E-state index < -0.39 is 10.8 Å². The third kappa shape index (κ3) is 2.05. The largest absolute Gasteiger partial charge is 0.495 e. The first-order valence-corrected chi connectivity index (χ1v) is 5.56. The van der Waals surface area contributed by atoms with E-state index in [2.05, 4.69) is 0 Å². The summed E-state index contributed by atoms with van der Waals surface area (Å²) in [5, 5.41) is 9.05. The summed E-state index contributed by atoms with van der Waals surface area (Å²) >= 11 is 0. The second-order valence-corrected chi connectivity index (χ2v) is 4.17. The molecule has 1 rings (SSSR count). The maximum Gasteiger partial charge on any atom is 0.140 e. The minimum absolute atomic E-state index is 0.182. The van der Waals surface area contributed by atoms with Gasteiger partial charge in [0.05, 0.1) is 29.4 Å². The summed E-state index contributed by atoms with van der Waals surface area (Å²) < 4.78 is 16.4. The van der Waals surface area contributed by atoms with E-state index in [0.717, 1.165) is 0 Å². The Morgan fingerprint density at radius 3 is 2.64 bits per heavy atom. The number of hydrogen-bond donors (Lipinski definition) is 2. The third-order valence-corrected chi connectivity index (χ3v) is 2.76. The Morgan fingerprint density at radius 2 is 2.21 bits per heavy atom. The molecule has 0 aliphatic carbocycles. The molecule has 0 heterocycles. The van der Waals surface area contributed by atoms with Gasteiger partial charge in [0.1, 0.15) is 5.75 Å². The minimum atomic E-state index is -1.18. The molecular formula is C9H13NO3S. The lowest BCUT2D eigenvalue weighted by atomic mass is 10.2. The Balaban J connectivity index is 3.39. The predicted molar refractivity (Wildman–Crippen MR) is 55.7 cm³/mol. The first kappa shape index (κ1) is 11.0. The van der Waals surface area contributed by atoms with Crippen LogP contribution in [0, 0.1) is 0 Å². The topological polar surface area (TPSA) is 72.6 Å². The second kappa shape index (κ2) is 4.43. The third-order valence-electron chi connectivity index (χ3n) is 1.84. The lowest BCUT2D eigenvalue weighted by molar-refractivity contribution is 0.272. The fourth-order valence-electron chi connectivity index (χ4n) is 1.25. The van der Waals surface area contributed by atoms with Crippen LogP contribution in [0.15, 0.2) is 17.0 Å². The molecule has 0 bridgehead atoms. The molecule has 1 aromatic carbocycles. The summed E-state index contributed by atoms with van der Waals surface area (Å²) in [6.07, 6.45) is 1.54. The minimum Gasteiger partial charge on any atom is -0.495 e. The van der Waals surface area contributed by atoms with E-state index in [1.54, 1.807) is 18.4 Å². The molecular weight excluding hydrogens is 202 g/mol. The van der Waals surface area contributed by atoms with E-state index in [1.165, 1.54) is 7.11 Å². The number of ether oxygens (including phenoxy) is 1. The Morgan fingerprint density at radius 1 is 1.57 bits per heavy atom. The Hall–Kier alpha value is -1.07. The molecule has 0 spiro atoms. The quantitative estimate of drug-likeness (QED) is 0.720. The van der Waals surface area contributed by atoms with Crippen LogP contribution in [-0.4, -0.2) is 22.7 Å². The van der Waals surface area contributed by atoms with Crippen LogP contribution in [0.2, 0.25) is 0 Å². The van der Waals surface area contributed by atoms with Gasteiger partial charge in [0.2, 0.25) is 0 Å². The molecule has 0 radical (unpaired) electrons. The second-order valence-electron chi connectivity index (χ2n) is 2.82. The lowest BCUT2D eigenvalue weighted by Gasteiger charge is -2.11. The summed E-state index contributed by atoms with van der Waals surface area (Å²) in [6.45, 7) is -0.182. The van der Waals surface area contributed by atoms with Gasteiger partial charge in [-0.15, -0.1) is 0 Å². The van der Waals surface area contributed by atoms with Gasteiger partial charge in [-0.2, -0.15) is 0 Å². The van der Waals surface area contributed by atoms with E-state index in [-0.39, 0.29) is 6.61 Å². The van der Waals surface area contributed by atoms with E-state index in [0.29, 0.717) is 21.9 Å². The molecule has 0 amide bonds. The molecule has 0 aliphatic heterocycles. The van der Waals surface area contributed by atoms with Crippen LogP contribution in [0.4, 0.5) is 5.69 Å².